The minimum atomic E-state index is -0.419. The number of benzene rings is 1. The molecule has 4 N–H and O–H groups in total. The zero-order valence-corrected chi connectivity index (χ0v) is 23.4. The van der Waals surface area contributed by atoms with Crippen molar-refractivity contribution in [1.82, 2.24) is 31.0 Å². The van der Waals surface area contributed by atoms with E-state index >= 15 is 0 Å². The van der Waals surface area contributed by atoms with Crippen LogP contribution in [-0.4, -0.2) is 78.4 Å². The number of carbonyl (C=O) groups is 3. The summed E-state index contributed by atoms with van der Waals surface area (Å²) in [7, 11) is 5.60. The Balaban J connectivity index is 1.28. The van der Waals surface area contributed by atoms with Crippen LogP contribution in [0.25, 0.3) is 0 Å². The first-order valence-corrected chi connectivity index (χ1v) is 14.2. The molecule has 1 saturated carbocycles. The lowest BCUT2D eigenvalue weighted by Gasteiger charge is -2.37. The van der Waals surface area contributed by atoms with Gasteiger partial charge in [-0.1, -0.05) is 11.6 Å². The van der Waals surface area contributed by atoms with E-state index < -0.39 is 12.1 Å². The molecule has 0 bridgehead atoms. The van der Waals surface area contributed by atoms with Crippen molar-refractivity contribution in [3.8, 4) is 0 Å². The molecule has 0 spiro atoms. The summed E-state index contributed by atoms with van der Waals surface area (Å²) in [6.45, 7) is 1.71. The number of nitrogens with one attached hydrogen (secondary N) is 4. The monoisotopic (exact) mass is 559 g/mol. The molecule has 1 fully saturated rings. The number of carbonyl (C=O) groups excluding carboxylic acids is 3. The second-order valence-corrected chi connectivity index (χ2v) is 12.2. The van der Waals surface area contributed by atoms with Gasteiger partial charge in [0.05, 0.1) is 11.7 Å². The number of hydrogen-bond donors (Lipinski definition) is 4. The van der Waals surface area contributed by atoms with Crippen LogP contribution >= 0.6 is 22.9 Å². The third-order valence-electron chi connectivity index (χ3n) is 7.45. The van der Waals surface area contributed by atoms with E-state index in [2.05, 4.69) is 38.3 Å². The highest BCUT2D eigenvalue weighted by molar-refractivity contribution is 7.13. The summed E-state index contributed by atoms with van der Waals surface area (Å²) < 4.78 is 0. The Morgan fingerprint density at radius 3 is 2.76 bits per heavy atom. The third kappa shape index (κ3) is 5.96. The lowest BCUT2D eigenvalue weighted by Crippen LogP contribution is -2.58. The van der Waals surface area contributed by atoms with E-state index in [0.717, 1.165) is 41.3 Å². The summed E-state index contributed by atoms with van der Waals surface area (Å²) >= 11 is 7.55. The highest BCUT2D eigenvalue weighted by atomic mass is 35.5. The molecule has 1 aliphatic carbocycles. The van der Waals surface area contributed by atoms with Crippen molar-refractivity contribution in [3.05, 3.63) is 44.4 Å². The van der Waals surface area contributed by atoms with E-state index in [-0.39, 0.29) is 29.7 Å². The van der Waals surface area contributed by atoms with E-state index in [4.69, 9.17) is 11.6 Å². The predicted octanol–water partition coefficient (Wildman–Crippen LogP) is 1.80. The van der Waals surface area contributed by atoms with Crippen LogP contribution in [0, 0.1) is 5.92 Å². The molecule has 38 heavy (non-hydrogen) atoms. The van der Waals surface area contributed by atoms with Gasteiger partial charge in [-0.3, -0.25) is 19.8 Å². The zero-order chi connectivity index (χ0) is 27.0. The molecule has 12 heteroatoms. The second-order valence-electron chi connectivity index (χ2n) is 10.7. The molecule has 0 saturated heterocycles. The van der Waals surface area contributed by atoms with Gasteiger partial charge in [-0.2, -0.15) is 0 Å². The van der Waals surface area contributed by atoms with Gasteiger partial charge in [-0.15, -0.1) is 11.3 Å². The Labute approximate surface area is 231 Å². The Morgan fingerprint density at radius 2 is 1.97 bits per heavy atom. The number of amides is 3. The van der Waals surface area contributed by atoms with Crippen molar-refractivity contribution in [2.24, 2.45) is 5.92 Å². The minimum absolute atomic E-state index is 0.0865. The number of hydrogen-bond acceptors (Lipinski definition) is 8. The third-order valence-corrected chi connectivity index (χ3v) is 8.77. The van der Waals surface area contributed by atoms with E-state index in [1.807, 2.05) is 12.1 Å². The molecule has 2 aromatic rings. The van der Waals surface area contributed by atoms with Crippen LogP contribution in [-0.2, 0) is 29.0 Å². The van der Waals surface area contributed by atoms with Gasteiger partial charge >= 0.3 is 0 Å². The topological polar surface area (TPSA) is 119 Å². The molecular formula is C26H34ClN7O3S. The Bertz CT molecular complexity index is 1240. The molecule has 1 aromatic carbocycles. The molecule has 0 radical (unpaired) electrons. The quantitative estimate of drug-likeness (QED) is 0.399. The van der Waals surface area contributed by atoms with E-state index in [9.17, 15) is 14.4 Å². The summed E-state index contributed by atoms with van der Waals surface area (Å²) in [5.41, 5.74) is 5.73. The van der Waals surface area contributed by atoms with Crippen molar-refractivity contribution in [1.29, 1.82) is 0 Å². The number of nitrogens with zero attached hydrogens (tertiary/aromatic N) is 3. The maximum absolute atomic E-state index is 13.3. The smallest absolute Gasteiger partial charge is 0.280 e. The highest BCUT2D eigenvalue weighted by Gasteiger charge is 2.38. The van der Waals surface area contributed by atoms with E-state index in [0.29, 0.717) is 35.7 Å². The van der Waals surface area contributed by atoms with Gasteiger partial charge in [-0.25, -0.2) is 9.99 Å². The van der Waals surface area contributed by atoms with E-state index in [1.165, 1.54) is 11.3 Å². The molecule has 5 rings (SSSR count). The number of rotatable bonds is 6. The van der Waals surface area contributed by atoms with Crippen molar-refractivity contribution >= 4 is 46.3 Å². The fourth-order valence-electron chi connectivity index (χ4n) is 5.48. The number of thiazole rings is 1. The minimum Gasteiger partial charge on any atom is -0.373 e. The second kappa shape index (κ2) is 11.2. The zero-order valence-electron chi connectivity index (χ0n) is 21.8. The normalized spacial score (nSPS) is 24.8. The summed E-state index contributed by atoms with van der Waals surface area (Å²) in [4.78, 5) is 47.3. The average molecular weight is 560 g/mol. The van der Waals surface area contributed by atoms with Crippen LogP contribution in [0.2, 0.25) is 5.02 Å². The first-order chi connectivity index (χ1) is 18.2. The van der Waals surface area contributed by atoms with Crippen LogP contribution in [0.1, 0.15) is 45.2 Å². The van der Waals surface area contributed by atoms with Gasteiger partial charge in [0.1, 0.15) is 6.04 Å². The van der Waals surface area contributed by atoms with Gasteiger partial charge in [0.15, 0.2) is 5.01 Å². The largest absolute Gasteiger partial charge is 0.373 e. The van der Waals surface area contributed by atoms with Gasteiger partial charge in [0.2, 0.25) is 11.8 Å². The molecule has 10 nitrogen and oxygen atoms in total. The number of likely N-dealkylation sites (N-methyl/N-ethyl adjacent to an activating group) is 1. The standard InChI is InChI=1S/C26H34ClN7O3S/c1-33(2)32-23(35)14-4-6-18(29-24(36)21-12-15-10-16(27)5-7-17(15)28-21)20(11-14)30-25(37)26-31-19-8-9-34(3)13-22(19)38-26/h5,7,10,14,18,20-21,28H,4,6,8-9,11-13H2,1-3H3,(H,29,36)(H,30,37)(H,32,35)/t14-,18-,20+,21?/m0/s1. The van der Waals surface area contributed by atoms with Crippen molar-refractivity contribution in [2.45, 2.75) is 56.8 Å². The molecule has 3 heterocycles. The summed E-state index contributed by atoms with van der Waals surface area (Å²) in [6.07, 6.45) is 2.98. The summed E-state index contributed by atoms with van der Waals surface area (Å²) in [5.74, 6) is -0.752. The lowest BCUT2D eigenvalue weighted by atomic mass is 9.81. The first kappa shape index (κ1) is 26.9. The molecule has 1 aromatic heterocycles. The molecule has 4 atom stereocenters. The maximum Gasteiger partial charge on any atom is 0.280 e. The fourth-order valence-corrected chi connectivity index (χ4v) is 6.76. The van der Waals surface area contributed by atoms with Gasteiger partial charge in [0.25, 0.3) is 5.91 Å². The fraction of sp³-hybridized carbons (Fsp3) is 0.538. The highest BCUT2D eigenvalue weighted by Crippen LogP contribution is 2.30. The van der Waals surface area contributed by atoms with Crippen LogP contribution in [0.4, 0.5) is 5.69 Å². The van der Waals surface area contributed by atoms with E-state index in [1.54, 1.807) is 25.2 Å². The van der Waals surface area contributed by atoms with Crippen molar-refractivity contribution in [2.75, 3.05) is 33.0 Å². The molecule has 3 aliphatic rings. The molecule has 204 valence electrons. The SMILES string of the molecule is CN1CCc2nc(C(=O)N[C@@H]3C[C@@H](C(=O)NN(C)C)CC[C@@H]3NC(=O)C3Cc4cc(Cl)ccc4N3)sc2C1. The number of aromatic nitrogens is 1. The van der Waals surface area contributed by atoms with Gasteiger partial charge in [0, 0.05) is 67.6 Å². The molecule has 2 aliphatic heterocycles. The number of hydrazine groups is 1. The van der Waals surface area contributed by atoms with Gasteiger partial charge < -0.3 is 20.9 Å². The number of anilines is 1. The Morgan fingerprint density at radius 1 is 1.16 bits per heavy atom. The number of halogens is 1. The Kier molecular flexibility index (Phi) is 7.90. The number of fused-ring (bicyclic) bond motifs is 2. The van der Waals surface area contributed by atoms with Gasteiger partial charge in [-0.05, 0) is 50.1 Å². The summed E-state index contributed by atoms with van der Waals surface area (Å²) in [5, 5.41) is 12.2. The maximum atomic E-state index is 13.3. The molecule has 3 amide bonds. The van der Waals surface area contributed by atoms with Crippen molar-refractivity contribution in [3.63, 3.8) is 0 Å². The first-order valence-electron chi connectivity index (χ1n) is 13.0. The van der Waals surface area contributed by atoms with Crippen molar-refractivity contribution < 1.29 is 14.4 Å². The molecule has 1 unspecified atom stereocenters. The van der Waals surface area contributed by atoms with Crippen LogP contribution in [0.5, 0.6) is 0 Å². The lowest BCUT2D eigenvalue weighted by molar-refractivity contribution is -0.130. The summed E-state index contributed by atoms with van der Waals surface area (Å²) in [6, 6.07) is 4.43. The molecular weight excluding hydrogens is 526 g/mol. The Hall–Kier alpha value is -2.73. The predicted molar refractivity (Wildman–Crippen MR) is 147 cm³/mol. The average Bonchev–Trinajstić information content (AvgIpc) is 3.48. The van der Waals surface area contributed by atoms with Crippen LogP contribution < -0.4 is 21.4 Å². The van der Waals surface area contributed by atoms with Crippen LogP contribution in [0.3, 0.4) is 0 Å². The van der Waals surface area contributed by atoms with Crippen LogP contribution in [0.15, 0.2) is 18.2 Å².